The summed E-state index contributed by atoms with van der Waals surface area (Å²) >= 11 is 0. The highest BCUT2D eigenvalue weighted by Gasteiger charge is 2.25. The van der Waals surface area contributed by atoms with Crippen molar-refractivity contribution in [2.75, 3.05) is 0 Å². The molecule has 2 heteroatoms. The van der Waals surface area contributed by atoms with Crippen molar-refractivity contribution in [1.82, 2.24) is 0 Å². The van der Waals surface area contributed by atoms with Crippen LogP contribution in [0, 0.1) is 35.5 Å². The molecule has 0 bridgehead atoms. The molecule has 0 aromatic rings. The Labute approximate surface area is 278 Å². The van der Waals surface area contributed by atoms with Crippen molar-refractivity contribution >= 4 is 5.97 Å². The van der Waals surface area contributed by atoms with E-state index in [0.29, 0.717) is 12.3 Å². The molecule has 0 aliphatic heterocycles. The zero-order chi connectivity index (χ0) is 33.4. The second-order valence-electron chi connectivity index (χ2n) is 16.7. The Morgan fingerprint density at radius 3 is 1.52 bits per heavy atom. The third-order valence-corrected chi connectivity index (χ3v) is 10.0. The number of hydrogen-bond donors (Lipinski definition) is 0. The highest BCUT2D eigenvalue weighted by molar-refractivity contribution is 5.69. The highest BCUT2D eigenvalue weighted by Crippen LogP contribution is 2.27. The second-order valence-corrected chi connectivity index (χ2v) is 16.7. The Hall–Kier alpha value is -0.790. The molecule has 0 aliphatic rings. The Morgan fingerprint density at radius 2 is 1.02 bits per heavy atom. The van der Waals surface area contributed by atoms with E-state index in [4.69, 9.17) is 4.74 Å². The molecule has 0 saturated carbocycles. The van der Waals surface area contributed by atoms with Crippen LogP contribution < -0.4 is 0 Å². The van der Waals surface area contributed by atoms with Crippen LogP contribution in [0.1, 0.15) is 211 Å². The second kappa shape index (κ2) is 26.3. The van der Waals surface area contributed by atoms with E-state index in [1.165, 1.54) is 108 Å². The number of hydrogen-bond acceptors (Lipinski definition) is 2. The van der Waals surface area contributed by atoms with Gasteiger partial charge in [-0.1, -0.05) is 157 Å². The van der Waals surface area contributed by atoms with E-state index in [9.17, 15) is 4.79 Å². The van der Waals surface area contributed by atoms with E-state index in [1.54, 1.807) is 0 Å². The first-order chi connectivity index (χ1) is 20.7. The van der Waals surface area contributed by atoms with Gasteiger partial charge >= 0.3 is 5.97 Å². The molecule has 0 radical (unpaired) electrons. The van der Waals surface area contributed by atoms with Gasteiger partial charge in [-0.3, -0.25) is 4.79 Å². The third kappa shape index (κ3) is 27.5. The minimum Gasteiger partial charge on any atom is -0.460 e. The average molecular weight is 619 g/mol. The standard InChI is InChI=1S/C42H82O2/c1-12-20-35(4)24-16-26-38(7)28-18-29-39(8)30-19-31-40(9)33-42(10,11)44-41(43)32-14-13-22-36(5)25-17-27-37(6)23-15-21-34(2)3/h25,34-35,37-40H,12-24,26-33H2,1-11H3/b36-25+. The number of esters is 1. The van der Waals surface area contributed by atoms with Gasteiger partial charge in [0.2, 0.25) is 0 Å². The molecule has 5 atom stereocenters. The SMILES string of the molecule is CCCC(C)CCCC(C)CCCC(C)CCCC(C)CC(C)(C)OC(=O)CCCC/C(C)=C/CCC(C)CCCC(C)C. The molecule has 0 amide bonds. The van der Waals surface area contributed by atoms with E-state index in [2.05, 4.69) is 82.2 Å². The van der Waals surface area contributed by atoms with Crippen molar-refractivity contribution in [1.29, 1.82) is 0 Å². The summed E-state index contributed by atoms with van der Waals surface area (Å²) in [4.78, 5) is 12.6. The van der Waals surface area contributed by atoms with Crippen LogP contribution in [-0.2, 0) is 9.53 Å². The van der Waals surface area contributed by atoms with E-state index >= 15 is 0 Å². The number of rotatable bonds is 29. The van der Waals surface area contributed by atoms with Gasteiger partial charge in [0.1, 0.15) is 5.60 Å². The maximum Gasteiger partial charge on any atom is 0.306 e. The zero-order valence-electron chi connectivity index (χ0n) is 32.2. The minimum absolute atomic E-state index is 0.0163. The average Bonchev–Trinajstić information content (AvgIpc) is 2.90. The zero-order valence-corrected chi connectivity index (χ0v) is 32.2. The molecule has 5 unspecified atom stereocenters. The summed E-state index contributed by atoms with van der Waals surface area (Å²) in [6.45, 7) is 25.5. The predicted molar refractivity (Wildman–Crippen MR) is 197 cm³/mol. The Balaban J connectivity index is 3.99. The summed E-state index contributed by atoms with van der Waals surface area (Å²) in [7, 11) is 0. The van der Waals surface area contributed by atoms with Gasteiger partial charge in [0, 0.05) is 6.42 Å². The lowest BCUT2D eigenvalue weighted by atomic mass is 9.88. The molecule has 0 heterocycles. The van der Waals surface area contributed by atoms with Crippen LogP contribution in [0.3, 0.4) is 0 Å². The van der Waals surface area contributed by atoms with Gasteiger partial charge in [-0.05, 0) is 94.8 Å². The van der Waals surface area contributed by atoms with Gasteiger partial charge in [-0.25, -0.2) is 0 Å². The summed E-state index contributed by atoms with van der Waals surface area (Å²) in [6.07, 6.45) is 28.6. The minimum atomic E-state index is -0.367. The number of carbonyl (C=O) groups excluding carboxylic acids is 1. The van der Waals surface area contributed by atoms with Crippen LogP contribution in [0.25, 0.3) is 0 Å². The molecule has 0 saturated heterocycles. The number of carbonyl (C=O) groups is 1. The number of allylic oxidation sites excluding steroid dienone is 2. The van der Waals surface area contributed by atoms with Gasteiger partial charge in [0.05, 0.1) is 0 Å². The normalized spacial score (nSPS) is 16.1. The van der Waals surface area contributed by atoms with Crippen molar-refractivity contribution in [3.05, 3.63) is 11.6 Å². The molecule has 0 rings (SSSR count). The monoisotopic (exact) mass is 619 g/mol. The van der Waals surface area contributed by atoms with Crippen molar-refractivity contribution in [2.45, 2.75) is 217 Å². The molecule has 262 valence electrons. The maximum absolute atomic E-state index is 12.6. The van der Waals surface area contributed by atoms with Gasteiger partial charge in [0.25, 0.3) is 0 Å². The molecule has 0 N–H and O–H groups in total. The first-order valence-electron chi connectivity index (χ1n) is 19.6. The maximum atomic E-state index is 12.6. The van der Waals surface area contributed by atoms with Crippen LogP contribution in [0.4, 0.5) is 0 Å². The molecule has 0 spiro atoms. The van der Waals surface area contributed by atoms with Crippen molar-refractivity contribution in [2.24, 2.45) is 35.5 Å². The van der Waals surface area contributed by atoms with Crippen LogP contribution in [0.5, 0.6) is 0 Å². The van der Waals surface area contributed by atoms with Crippen molar-refractivity contribution in [3.63, 3.8) is 0 Å². The van der Waals surface area contributed by atoms with Gasteiger partial charge in [-0.2, -0.15) is 0 Å². The molecule has 0 aromatic carbocycles. The van der Waals surface area contributed by atoms with E-state index in [-0.39, 0.29) is 11.6 Å². The lowest BCUT2D eigenvalue weighted by Crippen LogP contribution is -2.30. The molecule has 0 aromatic heterocycles. The fourth-order valence-corrected chi connectivity index (χ4v) is 7.12. The van der Waals surface area contributed by atoms with Crippen LogP contribution >= 0.6 is 0 Å². The van der Waals surface area contributed by atoms with E-state index in [0.717, 1.165) is 55.3 Å². The van der Waals surface area contributed by atoms with Crippen molar-refractivity contribution < 1.29 is 9.53 Å². The molecular weight excluding hydrogens is 536 g/mol. The number of ether oxygens (including phenoxy) is 1. The molecule has 2 nitrogen and oxygen atoms in total. The van der Waals surface area contributed by atoms with Gasteiger partial charge in [-0.15, -0.1) is 0 Å². The highest BCUT2D eigenvalue weighted by atomic mass is 16.6. The first-order valence-corrected chi connectivity index (χ1v) is 19.6. The Morgan fingerprint density at radius 1 is 0.591 bits per heavy atom. The fourth-order valence-electron chi connectivity index (χ4n) is 7.12. The Bertz CT molecular complexity index is 705. The largest absolute Gasteiger partial charge is 0.460 e. The summed E-state index contributed by atoms with van der Waals surface area (Å²) < 4.78 is 5.96. The van der Waals surface area contributed by atoms with Gasteiger partial charge in [0.15, 0.2) is 0 Å². The molecule has 0 fully saturated rings. The van der Waals surface area contributed by atoms with Crippen LogP contribution in [0.2, 0.25) is 0 Å². The van der Waals surface area contributed by atoms with Crippen LogP contribution in [0.15, 0.2) is 11.6 Å². The summed E-state index contributed by atoms with van der Waals surface area (Å²) in [6, 6.07) is 0. The van der Waals surface area contributed by atoms with E-state index in [1.807, 2.05) is 0 Å². The topological polar surface area (TPSA) is 26.3 Å². The van der Waals surface area contributed by atoms with Crippen LogP contribution in [-0.4, -0.2) is 11.6 Å². The van der Waals surface area contributed by atoms with Crippen molar-refractivity contribution in [3.8, 4) is 0 Å². The van der Waals surface area contributed by atoms with Gasteiger partial charge < -0.3 is 4.74 Å². The molecular formula is C42H82O2. The first kappa shape index (κ1) is 43.2. The summed E-state index contributed by atoms with van der Waals surface area (Å²) in [5, 5.41) is 0. The quantitative estimate of drug-likeness (QED) is 0.0473. The summed E-state index contributed by atoms with van der Waals surface area (Å²) in [5.74, 6) is 4.84. The summed E-state index contributed by atoms with van der Waals surface area (Å²) in [5.41, 5.74) is 1.11. The lowest BCUT2D eigenvalue weighted by molar-refractivity contribution is -0.158. The fraction of sp³-hybridized carbons (Fsp3) is 0.929. The molecule has 0 aliphatic carbocycles. The Kier molecular flexibility index (Phi) is 25.8. The van der Waals surface area contributed by atoms with E-state index < -0.39 is 0 Å². The third-order valence-electron chi connectivity index (χ3n) is 10.0. The predicted octanol–water partition coefficient (Wildman–Crippen LogP) is 14.3. The smallest absolute Gasteiger partial charge is 0.306 e. The molecule has 44 heavy (non-hydrogen) atoms. The lowest BCUT2D eigenvalue weighted by Gasteiger charge is -2.28. The number of unbranched alkanes of at least 4 members (excludes halogenated alkanes) is 1.